The second-order valence-electron chi connectivity index (χ2n) is 12.4. The maximum Gasteiger partial charge on any atom is 0.280 e. The van der Waals surface area contributed by atoms with Crippen LogP contribution in [0.3, 0.4) is 0 Å². The van der Waals surface area contributed by atoms with E-state index in [1.807, 2.05) is 18.2 Å². The van der Waals surface area contributed by atoms with Crippen molar-refractivity contribution >= 4 is 28.4 Å². The Morgan fingerprint density at radius 3 is 2.48 bits per heavy atom. The lowest BCUT2D eigenvalue weighted by Gasteiger charge is -2.36. The molecule has 0 radical (unpaired) electrons. The van der Waals surface area contributed by atoms with Gasteiger partial charge in [-0.25, -0.2) is 0 Å². The molecule has 5 nitrogen and oxygen atoms in total. The highest BCUT2D eigenvalue weighted by Crippen LogP contribution is 2.52. The van der Waals surface area contributed by atoms with Gasteiger partial charge in [-0.3, -0.25) is 14.2 Å². The van der Waals surface area contributed by atoms with Gasteiger partial charge in [0.2, 0.25) is 5.91 Å². The summed E-state index contributed by atoms with van der Waals surface area (Å²) in [5.41, 5.74) is 4.08. The van der Waals surface area contributed by atoms with Crippen molar-refractivity contribution in [3.8, 4) is 18.0 Å². The van der Waals surface area contributed by atoms with Crippen LogP contribution in [0.15, 0.2) is 41.2 Å². The van der Waals surface area contributed by atoms with Crippen LogP contribution < -0.4 is 5.56 Å². The van der Waals surface area contributed by atoms with Crippen LogP contribution in [-0.2, 0) is 10.2 Å². The van der Waals surface area contributed by atoms with Crippen molar-refractivity contribution in [2.75, 3.05) is 13.1 Å². The molecule has 206 valence electrons. The van der Waals surface area contributed by atoms with Crippen LogP contribution in [0.1, 0.15) is 93.5 Å². The second-order valence-corrected chi connectivity index (χ2v) is 12.9. The molecular formula is C34H36ClN3O2. The fourth-order valence-corrected chi connectivity index (χ4v) is 8.40. The second kappa shape index (κ2) is 10.1. The molecule has 1 saturated heterocycles. The van der Waals surface area contributed by atoms with Crippen molar-refractivity contribution < 1.29 is 4.79 Å². The predicted octanol–water partition coefficient (Wildman–Crippen LogP) is 6.75. The van der Waals surface area contributed by atoms with E-state index in [-0.39, 0.29) is 16.9 Å². The molecular weight excluding hydrogens is 518 g/mol. The maximum atomic E-state index is 13.3. The van der Waals surface area contributed by atoms with Gasteiger partial charge < -0.3 is 4.90 Å². The van der Waals surface area contributed by atoms with Gasteiger partial charge in [0.1, 0.15) is 5.82 Å². The Labute approximate surface area is 240 Å². The van der Waals surface area contributed by atoms with Gasteiger partial charge in [0.05, 0.1) is 27.0 Å². The maximum absolute atomic E-state index is 13.3. The third-order valence-electron chi connectivity index (χ3n) is 10.4. The largest absolute Gasteiger partial charge is 0.342 e. The zero-order valence-electron chi connectivity index (χ0n) is 23.0. The first-order valence-electron chi connectivity index (χ1n) is 15.1. The van der Waals surface area contributed by atoms with Crippen LogP contribution in [-0.4, -0.2) is 33.4 Å². The molecule has 4 aliphatic rings. The molecule has 3 fully saturated rings. The number of nitrogens with zero attached hydrogens (tertiary/aromatic N) is 3. The van der Waals surface area contributed by atoms with E-state index in [9.17, 15) is 9.59 Å². The van der Waals surface area contributed by atoms with Gasteiger partial charge in [-0.05, 0) is 86.6 Å². The summed E-state index contributed by atoms with van der Waals surface area (Å²) < 4.78 is 2.20. The van der Waals surface area contributed by atoms with E-state index in [0.717, 1.165) is 94.3 Å². The zero-order chi connectivity index (χ0) is 27.4. The van der Waals surface area contributed by atoms with Gasteiger partial charge in [0, 0.05) is 24.9 Å². The minimum absolute atomic E-state index is 0.136. The molecule has 2 aliphatic carbocycles. The van der Waals surface area contributed by atoms with Gasteiger partial charge >= 0.3 is 0 Å². The first kappa shape index (κ1) is 25.8. The average Bonchev–Trinajstić information content (AvgIpc) is 3.25. The molecule has 0 unspecified atom stereocenters. The monoisotopic (exact) mass is 553 g/mol. The molecule has 1 aromatic heterocycles. The summed E-state index contributed by atoms with van der Waals surface area (Å²) in [6, 6.07) is 12.5. The number of carbonyl (C=O) groups is 1. The Hall–Kier alpha value is -3.10. The van der Waals surface area contributed by atoms with Gasteiger partial charge in [0.15, 0.2) is 0 Å². The van der Waals surface area contributed by atoms with Crippen molar-refractivity contribution in [3.05, 3.63) is 68.7 Å². The summed E-state index contributed by atoms with van der Waals surface area (Å²) in [5, 5.41) is 1.16. The van der Waals surface area contributed by atoms with Gasteiger partial charge in [-0.2, -0.15) is 4.98 Å². The molecule has 0 N–H and O–H groups in total. The van der Waals surface area contributed by atoms with Crippen LogP contribution in [0, 0.1) is 24.2 Å². The van der Waals surface area contributed by atoms with Crippen LogP contribution in [0.4, 0.5) is 0 Å². The molecule has 0 atom stereocenters. The molecule has 0 bridgehead atoms. The van der Waals surface area contributed by atoms with Crippen molar-refractivity contribution in [2.45, 2.75) is 82.0 Å². The van der Waals surface area contributed by atoms with E-state index in [1.165, 1.54) is 17.5 Å². The van der Waals surface area contributed by atoms with Crippen molar-refractivity contribution in [2.24, 2.45) is 11.8 Å². The van der Waals surface area contributed by atoms with E-state index in [0.29, 0.717) is 28.2 Å². The SMILES string of the molecule is C#CC1CCC(C(=O)N2CCC(c3ccc4c(c3)-n3c(nc(=O)c5cccc(Cl)c53)C43CCCCC3)CC2)CC1. The Balaban J connectivity index is 1.20. The first-order chi connectivity index (χ1) is 19.5. The van der Waals surface area contributed by atoms with Gasteiger partial charge in [0.25, 0.3) is 5.56 Å². The third-order valence-corrected chi connectivity index (χ3v) is 10.7. The normalized spacial score (nSPS) is 24.1. The molecule has 2 saturated carbocycles. The molecule has 1 amide bonds. The van der Waals surface area contributed by atoms with Gasteiger partial charge in [-0.15, -0.1) is 12.3 Å². The number of aromatic nitrogens is 2. The molecule has 3 aromatic rings. The Kier molecular flexibility index (Phi) is 6.50. The fourth-order valence-electron chi connectivity index (χ4n) is 8.14. The molecule has 1 spiro atoms. The van der Waals surface area contributed by atoms with Crippen molar-refractivity contribution in [3.63, 3.8) is 0 Å². The smallest absolute Gasteiger partial charge is 0.280 e. The summed E-state index contributed by atoms with van der Waals surface area (Å²) in [6.45, 7) is 1.61. The number of piperidine rings is 1. The third kappa shape index (κ3) is 4.02. The summed E-state index contributed by atoms with van der Waals surface area (Å²) in [5.74, 6) is 4.94. The summed E-state index contributed by atoms with van der Waals surface area (Å²) in [4.78, 5) is 33.3. The lowest BCUT2D eigenvalue weighted by atomic mass is 9.69. The van der Waals surface area contributed by atoms with E-state index in [2.05, 4.69) is 33.6 Å². The van der Waals surface area contributed by atoms with E-state index in [4.69, 9.17) is 23.0 Å². The van der Waals surface area contributed by atoms with E-state index < -0.39 is 0 Å². The molecule has 6 heteroatoms. The molecule has 7 rings (SSSR count). The number of hydrogen-bond donors (Lipinski definition) is 0. The Morgan fingerprint density at radius 2 is 1.75 bits per heavy atom. The standard InChI is InChI=1S/C34H36ClN3O2/c1-2-22-9-11-24(12-10-22)32(40)37-19-15-23(16-20-37)25-13-14-27-29(21-25)38-30-26(7-6-8-28(30)35)31(39)36-33(38)34(27)17-4-3-5-18-34/h1,6-8,13-14,21-24H,3-5,9-12,15-20H2. The number of fused-ring (bicyclic) bond motifs is 7. The summed E-state index contributed by atoms with van der Waals surface area (Å²) in [7, 11) is 0. The number of terminal acetylenes is 1. The number of amides is 1. The number of halogens is 1. The van der Waals surface area contributed by atoms with Crippen LogP contribution in [0.2, 0.25) is 5.02 Å². The van der Waals surface area contributed by atoms with Crippen LogP contribution >= 0.6 is 11.6 Å². The molecule has 2 aromatic carbocycles. The highest BCUT2D eigenvalue weighted by molar-refractivity contribution is 6.35. The van der Waals surface area contributed by atoms with Gasteiger partial charge in [-0.1, -0.05) is 49.1 Å². The Morgan fingerprint density at radius 1 is 1.00 bits per heavy atom. The molecule has 2 aliphatic heterocycles. The number of para-hydroxylation sites is 1. The lowest BCUT2D eigenvalue weighted by molar-refractivity contribution is -0.137. The van der Waals surface area contributed by atoms with E-state index in [1.54, 1.807) is 0 Å². The average molecular weight is 554 g/mol. The number of rotatable bonds is 2. The predicted molar refractivity (Wildman–Crippen MR) is 159 cm³/mol. The number of carbonyl (C=O) groups excluding carboxylic acids is 1. The van der Waals surface area contributed by atoms with Crippen LogP contribution in [0.25, 0.3) is 16.6 Å². The minimum Gasteiger partial charge on any atom is -0.342 e. The highest BCUT2D eigenvalue weighted by Gasteiger charge is 2.47. The van der Waals surface area contributed by atoms with Crippen molar-refractivity contribution in [1.82, 2.24) is 14.5 Å². The zero-order valence-corrected chi connectivity index (χ0v) is 23.8. The van der Waals surface area contributed by atoms with Crippen LogP contribution in [0.5, 0.6) is 0 Å². The molecule has 3 heterocycles. The first-order valence-corrected chi connectivity index (χ1v) is 15.5. The summed E-state index contributed by atoms with van der Waals surface area (Å²) >= 11 is 6.79. The number of benzene rings is 2. The lowest BCUT2D eigenvalue weighted by Crippen LogP contribution is -2.42. The number of hydrogen-bond acceptors (Lipinski definition) is 3. The number of likely N-dealkylation sites (tertiary alicyclic amines) is 1. The molecule has 40 heavy (non-hydrogen) atoms. The summed E-state index contributed by atoms with van der Waals surface area (Å²) in [6.07, 6.45) is 16.8. The topological polar surface area (TPSA) is 55.2 Å². The Bertz CT molecular complexity index is 1580. The minimum atomic E-state index is -0.229. The fraction of sp³-hybridized carbons (Fsp3) is 0.500. The highest BCUT2D eigenvalue weighted by atomic mass is 35.5. The van der Waals surface area contributed by atoms with E-state index >= 15 is 0 Å². The van der Waals surface area contributed by atoms with Crippen molar-refractivity contribution in [1.29, 1.82) is 0 Å². The quantitative estimate of drug-likeness (QED) is 0.330.